The average molecular weight is 361 g/mol. The van der Waals surface area contributed by atoms with E-state index in [2.05, 4.69) is 54.9 Å². The second kappa shape index (κ2) is 8.01. The number of rotatable bonds is 5. The van der Waals surface area contributed by atoms with Crippen molar-refractivity contribution < 1.29 is 0 Å². The quantitative estimate of drug-likeness (QED) is 0.644. The van der Waals surface area contributed by atoms with Crippen LogP contribution < -0.4 is 20.9 Å². The molecule has 1 fully saturated rings. The van der Waals surface area contributed by atoms with Crippen molar-refractivity contribution in [3.63, 3.8) is 0 Å². The average Bonchev–Trinajstić information content (AvgIpc) is 2.71. The summed E-state index contributed by atoms with van der Waals surface area (Å²) in [5.41, 5.74) is 3.10. The van der Waals surface area contributed by atoms with Crippen molar-refractivity contribution >= 4 is 29.2 Å². The number of nitrogens with one attached hydrogen (secondary N) is 3. The molecule has 2 heterocycles. The van der Waals surface area contributed by atoms with Crippen molar-refractivity contribution in [2.45, 2.75) is 6.92 Å². The van der Waals surface area contributed by atoms with Gasteiger partial charge in [-0.1, -0.05) is 35.9 Å². The maximum atomic E-state index is 4.64. The van der Waals surface area contributed by atoms with E-state index in [1.54, 1.807) is 0 Å². The molecule has 1 aromatic heterocycles. The lowest BCUT2D eigenvalue weighted by Crippen LogP contribution is -2.44. The third-order valence-electron chi connectivity index (χ3n) is 4.36. The maximum Gasteiger partial charge on any atom is 0.233 e. The van der Waals surface area contributed by atoms with Gasteiger partial charge in [0.1, 0.15) is 0 Å². The summed E-state index contributed by atoms with van der Waals surface area (Å²) in [6, 6.07) is 18.1. The lowest BCUT2D eigenvalue weighted by molar-refractivity contribution is 0.579. The third-order valence-corrected chi connectivity index (χ3v) is 4.36. The van der Waals surface area contributed by atoms with Gasteiger partial charge in [0.2, 0.25) is 17.8 Å². The largest absolute Gasteiger partial charge is 0.338 e. The fraction of sp³-hybridized carbons (Fsp3) is 0.250. The summed E-state index contributed by atoms with van der Waals surface area (Å²) in [7, 11) is 0. The molecular weight excluding hydrogens is 338 g/mol. The Morgan fingerprint density at radius 2 is 1.37 bits per heavy atom. The van der Waals surface area contributed by atoms with Crippen LogP contribution in [0.25, 0.3) is 0 Å². The lowest BCUT2D eigenvalue weighted by atomic mass is 10.2. The summed E-state index contributed by atoms with van der Waals surface area (Å²) >= 11 is 0. The molecule has 1 aliphatic heterocycles. The Morgan fingerprint density at radius 1 is 0.778 bits per heavy atom. The highest BCUT2D eigenvalue weighted by Gasteiger charge is 2.16. The zero-order chi connectivity index (χ0) is 18.5. The van der Waals surface area contributed by atoms with E-state index >= 15 is 0 Å². The smallest absolute Gasteiger partial charge is 0.233 e. The molecule has 0 atom stereocenters. The molecule has 0 spiro atoms. The zero-order valence-corrected chi connectivity index (χ0v) is 15.3. The number of para-hydroxylation sites is 1. The molecule has 0 amide bonds. The molecule has 27 heavy (non-hydrogen) atoms. The Hall–Kier alpha value is -3.19. The van der Waals surface area contributed by atoms with Crippen LogP contribution in [0.3, 0.4) is 0 Å². The summed E-state index contributed by atoms with van der Waals surface area (Å²) in [4.78, 5) is 16.0. The Morgan fingerprint density at radius 3 is 2.00 bits per heavy atom. The summed E-state index contributed by atoms with van der Waals surface area (Å²) in [5.74, 6) is 1.74. The summed E-state index contributed by atoms with van der Waals surface area (Å²) in [5, 5.41) is 9.92. The molecule has 0 saturated carbocycles. The number of hydrogen-bond acceptors (Lipinski definition) is 7. The van der Waals surface area contributed by atoms with Crippen molar-refractivity contribution in [3.05, 3.63) is 60.2 Å². The Balaban J connectivity index is 1.63. The van der Waals surface area contributed by atoms with Gasteiger partial charge in [0.05, 0.1) is 0 Å². The Kier molecular flexibility index (Phi) is 5.11. The van der Waals surface area contributed by atoms with Crippen LogP contribution in [0.5, 0.6) is 0 Å². The standard InChI is InChI=1S/C20H23N7/c1-15-7-9-17(10-8-15)23-19-24-18(22-16-5-3-2-4-6-16)25-20(26-19)27-13-11-21-12-14-27/h2-10,21H,11-14H2,1H3,(H2,22,23,24,25,26). The highest BCUT2D eigenvalue weighted by atomic mass is 15.3. The van der Waals surface area contributed by atoms with E-state index in [-0.39, 0.29) is 0 Å². The van der Waals surface area contributed by atoms with Gasteiger partial charge in [-0.15, -0.1) is 0 Å². The number of nitrogens with zero attached hydrogens (tertiary/aromatic N) is 4. The van der Waals surface area contributed by atoms with Crippen molar-refractivity contribution in [1.29, 1.82) is 0 Å². The highest BCUT2D eigenvalue weighted by molar-refractivity contribution is 5.59. The first-order chi connectivity index (χ1) is 13.3. The molecule has 4 rings (SSSR count). The SMILES string of the molecule is Cc1ccc(Nc2nc(Nc3ccccc3)nc(N3CCNCC3)n2)cc1. The van der Waals surface area contributed by atoms with Gasteiger partial charge in [-0.25, -0.2) is 0 Å². The zero-order valence-electron chi connectivity index (χ0n) is 15.3. The van der Waals surface area contributed by atoms with E-state index in [1.807, 2.05) is 42.5 Å². The number of anilines is 5. The highest BCUT2D eigenvalue weighted by Crippen LogP contribution is 2.20. The molecule has 1 aliphatic rings. The van der Waals surface area contributed by atoms with E-state index < -0.39 is 0 Å². The number of benzene rings is 2. The second-order valence-corrected chi connectivity index (χ2v) is 6.50. The first-order valence-corrected chi connectivity index (χ1v) is 9.14. The van der Waals surface area contributed by atoms with Gasteiger partial charge < -0.3 is 20.9 Å². The molecule has 0 unspecified atom stereocenters. The lowest BCUT2D eigenvalue weighted by Gasteiger charge is -2.27. The van der Waals surface area contributed by atoms with E-state index in [0.29, 0.717) is 17.8 Å². The van der Waals surface area contributed by atoms with Gasteiger partial charge in [0.15, 0.2) is 0 Å². The van der Waals surface area contributed by atoms with Crippen molar-refractivity contribution in [3.8, 4) is 0 Å². The molecule has 7 heteroatoms. The molecule has 0 aliphatic carbocycles. The molecule has 0 bridgehead atoms. The minimum absolute atomic E-state index is 0.527. The molecule has 7 nitrogen and oxygen atoms in total. The van der Waals surface area contributed by atoms with Gasteiger partial charge in [-0.3, -0.25) is 0 Å². The van der Waals surface area contributed by atoms with Gasteiger partial charge >= 0.3 is 0 Å². The number of aromatic nitrogens is 3. The summed E-state index contributed by atoms with van der Waals surface area (Å²) < 4.78 is 0. The summed E-state index contributed by atoms with van der Waals surface area (Å²) in [6.45, 7) is 5.66. The van der Waals surface area contributed by atoms with Gasteiger partial charge in [-0.2, -0.15) is 15.0 Å². The van der Waals surface area contributed by atoms with E-state index in [9.17, 15) is 0 Å². The minimum Gasteiger partial charge on any atom is -0.338 e. The van der Waals surface area contributed by atoms with Crippen LogP contribution in [0, 0.1) is 6.92 Å². The fourth-order valence-corrected chi connectivity index (χ4v) is 2.90. The molecule has 138 valence electrons. The van der Waals surface area contributed by atoms with Gasteiger partial charge in [0, 0.05) is 37.6 Å². The normalized spacial score (nSPS) is 14.0. The Bertz CT molecular complexity index is 875. The van der Waals surface area contributed by atoms with E-state index in [4.69, 9.17) is 0 Å². The topological polar surface area (TPSA) is 78.0 Å². The van der Waals surface area contributed by atoms with Crippen LogP contribution >= 0.6 is 0 Å². The predicted molar refractivity (Wildman–Crippen MR) is 109 cm³/mol. The molecule has 0 radical (unpaired) electrons. The van der Waals surface area contributed by atoms with E-state index in [1.165, 1.54) is 5.56 Å². The van der Waals surface area contributed by atoms with Crippen LogP contribution in [0.4, 0.5) is 29.2 Å². The maximum absolute atomic E-state index is 4.64. The molecule has 1 saturated heterocycles. The van der Waals surface area contributed by atoms with Crippen LogP contribution in [0.1, 0.15) is 5.56 Å². The number of hydrogen-bond donors (Lipinski definition) is 3. The fourth-order valence-electron chi connectivity index (χ4n) is 2.90. The molecule has 2 aromatic carbocycles. The van der Waals surface area contributed by atoms with Crippen molar-refractivity contribution in [1.82, 2.24) is 20.3 Å². The number of aryl methyl sites for hydroxylation is 1. The van der Waals surface area contributed by atoms with Gasteiger partial charge in [0.25, 0.3) is 0 Å². The number of piperazine rings is 1. The first-order valence-electron chi connectivity index (χ1n) is 9.14. The molecular formula is C20H23N7. The predicted octanol–water partition coefficient (Wildman–Crippen LogP) is 3.08. The van der Waals surface area contributed by atoms with Crippen LogP contribution in [-0.2, 0) is 0 Å². The monoisotopic (exact) mass is 361 g/mol. The summed E-state index contributed by atoms with van der Waals surface area (Å²) in [6.07, 6.45) is 0. The van der Waals surface area contributed by atoms with Gasteiger partial charge in [-0.05, 0) is 31.2 Å². The van der Waals surface area contributed by atoms with Crippen LogP contribution in [-0.4, -0.2) is 41.1 Å². The second-order valence-electron chi connectivity index (χ2n) is 6.50. The molecule has 3 N–H and O–H groups in total. The van der Waals surface area contributed by atoms with Crippen molar-refractivity contribution in [2.75, 3.05) is 41.7 Å². The van der Waals surface area contributed by atoms with Crippen molar-refractivity contribution in [2.24, 2.45) is 0 Å². The minimum atomic E-state index is 0.527. The molecule has 3 aromatic rings. The van der Waals surface area contributed by atoms with E-state index in [0.717, 1.165) is 37.6 Å². The van der Waals surface area contributed by atoms with Crippen LogP contribution in [0.15, 0.2) is 54.6 Å². The Labute approximate surface area is 158 Å². The van der Waals surface area contributed by atoms with Crippen LogP contribution in [0.2, 0.25) is 0 Å². The first kappa shape index (κ1) is 17.2. The third kappa shape index (κ3) is 4.51.